The predicted molar refractivity (Wildman–Crippen MR) is 95.4 cm³/mol. The molecule has 3 rings (SSSR count). The van der Waals surface area contributed by atoms with E-state index >= 15 is 0 Å². The maximum absolute atomic E-state index is 13.0. The summed E-state index contributed by atoms with van der Waals surface area (Å²) in [6.45, 7) is 5.86. The van der Waals surface area contributed by atoms with Gasteiger partial charge in [0.1, 0.15) is 5.82 Å². The second kappa shape index (κ2) is 7.18. The summed E-state index contributed by atoms with van der Waals surface area (Å²) in [6, 6.07) is 6.26. The smallest absolute Gasteiger partial charge is 0.315 e. The first kappa shape index (κ1) is 17.3. The van der Waals surface area contributed by atoms with Crippen LogP contribution in [0.4, 0.5) is 15.2 Å². The van der Waals surface area contributed by atoms with Gasteiger partial charge >= 0.3 is 11.8 Å². The summed E-state index contributed by atoms with van der Waals surface area (Å²) in [5.74, 6) is -1.49. The molecule has 1 aliphatic heterocycles. The highest BCUT2D eigenvalue weighted by atomic mass is 32.1. The number of halogens is 1. The van der Waals surface area contributed by atoms with Gasteiger partial charge in [-0.1, -0.05) is 0 Å². The fourth-order valence-electron chi connectivity index (χ4n) is 2.64. The molecule has 0 unspecified atom stereocenters. The van der Waals surface area contributed by atoms with E-state index in [1.165, 1.54) is 28.4 Å². The Balaban J connectivity index is 1.55. The zero-order valence-corrected chi connectivity index (χ0v) is 14.9. The van der Waals surface area contributed by atoms with E-state index in [-0.39, 0.29) is 5.82 Å². The number of anilines is 2. The number of benzene rings is 1. The van der Waals surface area contributed by atoms with Gasteiger partial charge in [0.05, 0.1) is 5.69 Å². The fourth-order valence-corrected chi connectivity index (χ4v) is 3.45. The molecule has 0 spiro atoms. The lowest BCUT2D eigenvalue weighted by Crippen LogP contribution is -2.51. The normalized spacial score (nSPS) is 14.5. The summed E-state index contributed by atoms with van der Waals surface area (Å²) in [5.41, 5.74) is 1.76. The van der Waals surface area contributed by atoms with Gasteiger partial charge in [-0.05, 0) is 38.1 Å². The third-order valence-electron chi connectivity index (χ3n) is 4.20. The van der Waals surface area contributed by atoms with Gasteiger partial charge in [-0.25, -0.2) is 9.37 Å². The second-order valence-electron chi connectivity index (χ2n) is 5.87. The van der Waals surface area contributed by atoms with Crippen molar-refractivity contribution in [2.75, 3.05) is 36.4 Å². The molecular formula is C17H19FN4O2S. The molecule has 1 fully saturated rings. The Labute approximate surface area is 149 Å². The topological polar surface area (TPSA) is 65.5 Å². The minimum Gasteiger partial charge on any atom is -0.368 e. The predicted octanol–water partition coefficient (Wildman–Crippen LogP) is 2.19. The number of hydrogen-bond acceptors (Lipinski definition) is 5. The maximum Gasteiger partial charge on any atom is 0.315 e. The quantitative estimate of drug-likeness (QED) is 0.832. The summed E-state index contributed by atoms with van der Waals surface area (Å²) in [4.78, 5) is 33.3. The van der Waals surface area contributed by atoms with E-state index in [9.17, 15) is 14.0 Å². The summed E-state index contributed by atoms with van der Waals surface area (Å²) >= 11 is 1.35. The van der Waals surface area contributed by atoms with E-state index in [2.05, 4.69) is 15.2 Å². The lowest BCUT2D eigenvalue weighted by atomic mass is 10.2. The Bertz CT molecular complexity index is 763. The van der Waals surface area contributed by atoms with Crippen molar-refractivity contribution in [3.63, 3.8) is 0 Å². The first-order chi connectivity index (χ1) is 11.9. The average molecular weight is 362 g/mol. The largest absolute Gasteiger partial charge is 0.368 e. The molecule has 1 N–H and O–H groups in total. The van der Waals surface area contributed by atoms with Crippen LogP contribution in [0.2, 0.25) is 0 Å². The number of nitrogens with zero attached hydrogens (tertiary/aromatic N) is 3. The Kier molecular flexibility index (Phi) is 4.98. The molecule has 1 aromatic heterocycles. The molecule has 2 aromatic rings. The molecule has 1 aliphatic rings. The molecule has 0 bridgehead atoms. The van der Waals surface area contributed by atoms with Crippen LogP contribution in [0.5, 0.6) is 0 Å². The van der Waals surface area contributed by atoms with Crippen LogP contribution in [0, 0.1) is 19.7 Å². The van der Waals surface area contributed by atoms with E-state index in [4.69, 9.17) is 0 Å². The SMILES string of the molecule is Cc1nc(NC(=O)C(=O)N2CCN(c3ccc(F)cc3)CC2)sc1C. The Morgan fingerprint density at radius 2 is 1.76 bits per heavy atom. The van der Waals surface area contributed by atoms with Crippen LogP contribution >= 0.6 is 11.3 Å². The number of carbonyl (C=O) groups is 2. The van der Waals surface area contributed by atoms with Gasteiger partial charge < -0.3 is 9.80 Å². The third kappa shape index (κ3) is 3.96. The van der Waals surface area contributed by atoms with Gasteiger partial charge in [-0.3, -0.25) is 14.9 Å². The van der Waals surface area contributed by atoms with Gasteiger partial charge in [0.15, 0.2) is 5.13 Å². The molecule has 6 nitrogen and oxygen atoms in total. The van der Waals surface area contributed by atoms with Crippen LogP contribution < -0.4 is 10.2 Å². The number of rotatable bonds is 2. The third-order valence-corrected chi connectivity index (χ3v) is 5.19. The van der Waals surface area contributed by atoms with Gasteiger partial charge in [0.2, 0.25) is 0 Å². The standard InChI is InChI=1S/C17H19FN4O2S/c1-11-12(2)25-17(19-11)20-15(23)16(24)22-9-7-21(8-10-22)14-5-3-13(18)4-6-14/h3-6H,7-10H2,1-2H3,(H,19,20,23). The van der Waals surface area contributed by atoms with Crippen molar-refractivity contribution >= 4 is 34.0 Å². The molecule has 0 aliphatic carbocycles. The van der Waals surface area contributed by atoms with Crippen LogP contribution in [-0.4, -0.2) is 47.9 Å². The second-order valence-corrected chi connectivity index (χ2v) is 7.07. The number of aryl methyl sites for hydroxylation is 2. The minimum absolute atomic E-state index is 0.276. The summed E-state index contributed by atoms with van der Waals surface area (Å²) in [5, 5.41) is 3.01. The number of aromatic nitrogens is 1. The molecule has 8 heteroatoms. The number of piperazine rings is 1. The molecule has 2 heterocycles. The lowest BCUT2D eigenvalue weighted by Gasteiger charge is -2.35. The van der Waals surface area contributed by atoms with Crippen molar-refractivity contribution < 1.29 is 14.0 Å². The van der Waals surface area contributed by atoms with Crippen LogP contribution in [0.1, 0.15) is 10.6 Å². The number of amides is 2. The number of nitrogens with one attached hydrogen (secondary N) is 1. The van der Waals surface area contributed by atoms with Gasteiger partial charge in [0.25, 0.3) is 0 Å². The Morgan fingerprint density at radius 3 is 2.32 bits per heavy atom. The lowest BCUT2D eigenvalue weighted by molar-refractivity contribution is -0.143. The van der Waals surface area contributed by atoms with E-state index in [0.717, 1.165) is 16.3 Å². The summed E-state index contributed by atoms with van der Waals surface area (Å²) in [6.07, 6.45) is 0. The monoisotopic (exact) mass is 362 g/mol. The molecule has 0 radical (unpaired) electrons. The van der Waals surface area contributed by atoms with Crippen LogP contribution in [0.15, 0.2) is 24.3 Å². The van der Waals surface area contributed by atoms with Crippen molar-refractivity contribution in [1.82, 2.24) is 9.88 Å². The fraction of sp³-hybridized carbons (Fsp3) is 0.353. The summed E-state index contributed by atoms with van der Waals surface area (Å²) in [7, 11) is 0. The zero-order chi connectivity index (χ0) is 18.0. The molecular weight excluding hydrogens is 343 g/mol. The molecule has 2 amide bonds. The maximum atomic E-state index is 13.0. The molecule has 25 heavy (non-hydrogen) atoms. The van der Waals surface area contributed by atoms with Crippen molar-refractivity contribution in [2.24, 2.45) is 0 Å². The Hall–Kier alpha value is -2.48. The highest BCUT2D eigenvalue weighted by Gasteiger charge is 2.26. The van der Waals surface area contributed by atoms with E-state index in [1.54, 1.807) is 12.1 Å². The zero-order valence-electron chi connectivity index (χ0n) is 14.1. The molecule has 0 saturated carbocycles. The van der Waals surface area contributed by atoms with Gasteiger partial charge in [0, 0.05) is 36.7 Å². The first-order valence-electron chi connectivity index (χ1n) is 7.99. The number of carbonyl (C=O) groups excluding carboxylic acids is 2. The molecule has 0 atom stereocenters. The Morgan fingerprint density at radius 1 is 1.12 bits per heavy atom. The van der Waals surface area contributed by atoms with Crippen molar-refractivity contribution in [3.05, 3.63) is 40.7 Å². The van der Waals surface area contributed by atoms with Crippen LogP contribution in [0.25, 0.3) is 0 Å². The molecule has 1 saturated heterocycles. The van der Waals surface area contributed by atoms with E-state index in [1.807, 2.05) is 13.8 Å². The van der Waals surface area contributed by atoms with Crippen LogP contribution in [-0.2, 0) is 9.59 Å². The minimum atomic E-state index is -0.663. The first-order valence-corrected chi connectivity index (χ1v) is 8.80. The number of thiazole rings is 1. The van der Waals surface area contributed by atoms with Crippen LogP contribution in [0.3, 0.4) is 0 Å². The number of hydrogen-bond donors (Lipinski definition) is 1. The van der Waals surface area contributed by atoms with E-state index < -0.39 is 11.8 Å². The van der Waals surface area contributed by atoms with Gasteiger partial charge in [-0.2, -0.15) is 0 Å². The van der Waals surface area contributed by atoms with E-state index in [0.29, 0.717) is 31.3 Å². The van der Waals surface area contributed by atoms with Crippen molar-refractivity contribution in [3.8, 4) is 0 Å². The highest BCUT2D eigenvalue weighted by Crippen LogP contribution is 2.21. The van der Waals surface area contributed by atoms with Crippen molar-refractivity contribution in [2.45, 2.75) is 13.8 Å². The van der Waals surface area contributed by atoms with Gasteiger partial charge in [-0.15, -0.1) is 11.3 Å². The molecule has 1 aromatic carbocycles. The summed E-state index contributed by atoms with van der Waals surface area (Å²) < 4.78 is 13.0. The highest BCUT2D eigenvalue weighted by molar-refractivity contribution is 7.15. The average Bonchev–Trinajstić information content (AvgIpc) is 2.92. The van der Waals surface area contributed by atoms with Crippen molar-refractivity contribution in [1.29, 1.82) is 0 Å². The molecule has 132 valence electrons.